The Morgan fingerprint density at radius 3 is 0.956 bits per heavy atom. The van der Waals surface area contributed by atoms with Crippen molar-refractivity contribution in [3.63, 3.8) is 0 Å². The van der Waals surface area contributed by atoms with Gasteiger partial charge in [-0.05, 0) is 129 Å². The van der Waals surface area contributed by atoms with E-state index in [1.54, 1.807) is 0 Å². The van der Waals surface area contributed by atoms with Crippen LogP contribution in [0.4, 0.5) is 0 Å². The summed E-state index contributed by atoms with van der Waals surface area (Å²) in [5, 5.41) is 0. The molecule has 0 aliphatic heterocycles. The maximum Gasteiger partial charge on any atom is 0.337 e. The molecule has 0 radical (unpaired) electrons. The second kappa shape index (κ2) is 15.5. The average molecular weight is 595 g/mol. The quantitative estimate of drug-likeness (QED) is 0.127. The Morgan fingerprint density at radius 1 is 0.422 bits per heavy atom. The zero-order valence-corrected chi connectivity index (χ0v) is 27.4. The van der Waals surface area contributed by atoms with E-state index in [1.165, 1.54) is 68.3 Å². The lowest BCUT2D eigenvalue weighted by Crippen LogP contribution is -2.07. The van der Waals surface area contributed by atoms with Gasteiger partial charge in [-0.3, -0.25) is 0 Å². The monoisotopic (exact) mass is 594 g/mol. The van der Waals surface area contributed by atoms with Gasteiger partial charge in [-0.15, -0.1) is 0 Å². The van der Waals surface area contributed by atoms with Crippen molar-refractivity contribution >= 4 is 5.97 Å². The molecule has 0 saturated heterocycles. The van der Waals surface area contributed by atoms with Crippen LogP contribution in [0, 0.1) is 20.8 Å². The lowest BCUT2D eigenvalue weighted by Gasteiger charge is -2.18. The van der Waals surface area contributed by atoms with E-state index in [9.17, 15) is 4.79 Å². The van der Waals surface area contributed by atoms with Crippen LogP contribution in [0.5, 0.6) is 0 Å². The molecular formula is C43H46O2. The number of carbonyl (C=O) groups is 1. The summed E-state index contributed by atoms with van der Waals surface area (Å²) in [4.78, 5) is 11.9. The van der Waals surface area contributed by atoms with Gasteiger partial charge in [0.05, 0.1) is 12.7 Å². The van der Waals surface area contributed by atoms with Crippen LogP contribution in [0.25, 0.3) is 0 Å². The molecule has 0 N–H and O–H groups in total. The first-order valence-corrected chi connectivity index (χ1v) is 16.3. The van der Waals surface area contributed by atoms with Gasteiger partial charge in [0.2, 0.25) is 0 Å². The average Bonchev–Trinajstić information content (AvgIpc) is 3.07. The largest absolute Gasteiger partial charge is 0.465 e. The van der Waals surface area contributed by atoms with E-state index in [1.807, 2.05) is 12.1 Å². The summed E-state index contributed by atoms with van der Waals surface area (Å²) in [6.45, 7) is 6.45. The molecule has 2 heteroatoms. The number of rotatable bonds is 13. The molecule has 45 heavy (non-hydrogen) atoms. The van der Waals surface area contributed by atoms with E-state index < -0.39 is 0 Å². The first-order valence-electron chi connectivity index (χ1n) is 16.3. The molecule has 5 aromatic rings. The molecule has 230 valence electrons. The van der Waals surface area contributed by atoms with E-state index in [-0.39, 0.29) is 5.97 Å². The van der Waals surface area contributed by atoms with E-state index in [0.29, 0.717) is 5.56 Å². The number of ether oxygens (including phenoxy) is 1. The summed E-state index contributed by atoms with van der Waals surface area (Å²) in [6, 6.07) is 39.9. The minimum absolute atomic E-state index is 0.292. The summed E-state index contributed by atoms with van der Waals surface area (Å²) in [5.41, 5.74) is 15.8. The van der Waals surface area contributed by atoms with Crippen molar-refractivity contribution in [2.45, 2.75) is 72.1 Å². The predicted molar refractivity (Wildman–Crippen MR) is 187 cm³/mol. The number of hydrogen-bond acceptors (Lipinski definition) is 2. The highest BCUT2D eigenvalue weighted by Crippen LogP contribution is 2.25. The Kier molecular flexibility index (Phi) is 11.0. The van der Waals surface area contributed by atoms with Crippen LogP contribution in [0.1, 0.15) is 71.6 Å². The first kappa shape index (κ1) is 32.0. The molecule has 5 rings (SSSR count). The fourth-order valence-electron chi connectivity index (χ4n) is 6.03. The summed E-state index contributed by atoms with van der Waals surface area (Å²) < 4.78 is 4.89. The van der Waals surface area contributed by atoms with Crippen LogP contribution in [0.2, 0.25) is 0 Å². The second-order valence-electron chi connectivity index (χ2n) is 12.5. The number of hydrogen-bond donors (Lipinski definition) is 0. The van der Waals surface area contributed by atoms with Crippen molar-refractivity contribution in [2.75, 3.05) is 7.11 Å². The molecule has 0 heterocycles. The number of methoxy groups -OCH3 is 1. The molecule has 0 aliphatic rings. The van der Waals surface area contributed by atoms with Gasteiger partial charge < -0.3 is 4.74 Å². The first-order chi connectivity index (χ1) is 21.9. The maximum absolute atomic E-state index is 11.9. The lowest BCUT2D eigenvalue weighted by molar-refractivity contribution is 0.0600. The van der Waals surface area contributed by atoms with Crippen molar-refractivity contribution in [1.82, 2.24) is 0 Å². The number of esters is 1. The summed E-state index contributed by atoms with van der Waals surface area (Å²) in [7, 11) is 1.43. The maximum atomic E-state index is 11.9. The van der Waals surface area contributed by atoms with Gasteiger partial charge >= 0.3 is 5.97 Å². The molecule has 0 aromatic heterocycles. The second-order valence-corrected chi connectivity index (χ2v) is 12.5. The van der Waals surface area contributed by atoms with Crippen LogP contribution >= 0.6 is 0 Å². The fourth-order valence-corrected chi connectivity index (χ4v) is 6.03. The van der Waals surface area contributed by atoms with Gasteiger partial charge in [0.15, 0.2) is 0 Å². The highest BCUT2D eigenvalue weighted by molar-refractivity contribution is 5.89. The van der Waals surface area contributed by atoms with Crippen LogP contribution in [-0.2, 0) is 56.1 Å². The molecule has 0 unspecified atom stereocenters. The summed E-state index contributed by atoms with van der Waals surface area (Å²) in [6.07, 6.45) is 8.10. The van der Waals surface area contributed by atoms with Gasteiger partial charge in [0, 0.05) is 0 Å². The molecule has 0 bridgehead atoms. The Morgan fingerprint density at radius 2 is 0.689 bits per heavy atom. The normalized spacial score (nSPS) is 11.0. The smallest absolute Gasteiger partial charge is 0.337 e. The number of benzene rings is 5. The summed E-state index contributed by atoms with van der Waals surface area (Å²) >= 11 is 0. The molecular weight excluding hydrogens is 548 g/mol. The van der Waals surface area contributed by atoms with E-state index in [4.69, 9.17) is 4.74 Å². The molecule has 0 fully saturated rings. The van der Waals surface area contributed by atoms with Crippen LogP contribution in [0.3, 0.4) is 0 Å². The van der Waals surface area contributed by atoms with Gasteiger partial charge in [0.1, 0.15) is 0 Å². The van der Waals surface area contributed by atoms with Gasteiger partial charge in [-0.2, -0.15) is 0 Å². The topological polar surface area (TPSA) is 26.3 Å². The van der Waals surface area contributed by atoms with Crippen LogP contribution < -0.4 is 0 Å². The number of carbonyl (C=O) groups excluding carboxylic acids is 1. The molecule has 0 spiro atoms. The Hall–Kier alpha value is -4.43. The van der Waals surface area contributed by atoms with Crippen LogP contribution in [0.15, 0.2) is 109 Å². The third kappa shape index (κ3) is 9.28. The van der Waals surface area contributed by atoms with E-state index in [0.717, 1.165) is 51.4 Å². The SMILES string of the molecule is COC(=O)c1ccc(CCc2cc(CCc3ccc(C)cc3)c(CCc3ccc(C)cc3)cc2CCc2ccc(C)cc2)cc1. The third-order valence-corrected chi connectivity index (χ3v) is 8.99. The summed E-state index contributed by atoms with van der Waals surface area (Å²) in [5.74, 6) is -0.292. The molecule has 5 aromatic carbocycles. The van der Waals surface area contributed by atoms with Gasteiger partial charge in [0.25, 0.3) is 0 Å². The zero-order valence-electron chi connectivity index (χ0n) is 27.4. The molecule has 0 atom stereocenters. The van der Waals surface area contributed by atoms with Crippen molar-refractivity contribution in [3.05, 3.63) is 176 Å². The molecule has 0 aliphatic carbocycles. The van der Waals surface area contributed by atoms with Crippen molar-refractivity contribution < 1.29 is 9.53 Å². The molecule has 2 nitrogen and oxygen atoms in total. The molecule has 0 amide bonds. The number of aryl methyl sites for hydroxylation is 11. The Bertz CT molecular complexity index is 1680. The van der Waals surface area contributed by atoms with Gasteiger partial charge in [-0.25, -0.2) is 4.79 Å². The van der Waals surface area contributed by atoms with Crippen molar-refractivity contribution in [2.24, 2.45) is 0 Å². The zero-order chi connectivity index (χ0) is 31.6. The fraction of sp³-hybridized carbons (Fsp3) is 0.279. The van der Waals surface area contributed by atoms with E-state index >= 15 is 0 Å². The molecule has 0 saturated carbocycles. The third-order valence-electron chi connectivity index (χ3n) is 8.99. The standard InChI is InChI=1S/C43H46O2/c1-31-5-11-34(12-6-31)19-25-39-29-41(27-21-36-15-9-33(3)10-16-36)42(28-22-37-17-23-38(24-18-37)43(44)45-4)30-40(39)26-20-35-13-7-32(2)8-14-35/h5-18,23-24,29-30H,19-22,25-28H2,1-4H3. The lowest BCUT2D eigenvalue weighted by atomic mass is 9.87. The van der Waals surface area contributed by atoms with Crippen molar-refractivity contribution in [1.29, 1.82) is 0 Å². The highest BCUT2D eigenvalue weighted by atomic mass is 16.5. The highest BCUT2D eigenvalue weighted by Gasteiger charge is 2.13. The van der Waals surface area contributed by atoms with Crippen LogP contribution in [-0.4, -0.2) is 13.1 Å². The van der Waals surface area contributed by atoms with Crippen molar-refractivity contribution in [3.8, 4) is 0 Å². The van der Waals surface area contributed by atoms with E-state index in [2.05, 4.69) is 118 Å². The Labute approximate surface area is 270 Å². The minimum atomic E-state index is -0.292. The van der Waals surface area contributed by atoms with Gasteiger partial charge in [-0.1, -0.05) is 114 Å². The Balaban J connectivity index is 1.44. The minimum Gasteiger partial charge on any atom is -0.465 e. The predicted octanol–water partition coefficient (Wildman–Crippen LogP) is 9.54.